The number of ether oxygens (including phenoxy) is 2. The summed E-state index contributed by atoms with van der Waals surface area (Å²) in [5.41, 5.74) is 4.04. The standard InChI is InChI=1S/C18H20N2O2/c1-3-21-17-11-14(16-8-6-10-20-16)18(22-4-2)12-13(17)15-7-5-9-19-15/h5-12,19-20H,3-4H2,1-2H3. The molecular weight excluding hydrogens is 276 g/mol. The number of rotatable bonds is 6. The number of benzene rings is 1. The van der Waals surface area contributed by atoms with Crippen molar-refractivity contribution < 1.29 is 9.47 Å². The summed E-state index contributed by atoms with van der Waals surface area (Å²) in [6.07, 6.45) is 3.81. The van der Waals surface area contributed by atoms with Gasteiger partial charge in [-0.25, -0.2) is 0 Å². The van der Waals surface area contributed by atoms with Crippen molar-refractivity contribution in [2.24, 2.45) is 0 Å². The average molecular weight is 296 g/mol. The fraction of sp³-hybridized carbons (Fsp3) is 0.222. The maximum atomic E-state index is 5.84. The predicted molar refractivity (Wildman–Crippen MR) is 88.4 cm³/mol. The largest absolute Gasteiger partial charge is 0.493 e. The van der Waals surface area contributed by atoms with Crippen molar-refractivity contribution in [3.05, 3.63) is 48.8 Å². The van der Waals surface area contributed by atoms with Crippen LogP contribution >= 0.6 is 0 Å². The molecule has 0 aliphatic carbocycles. The zero-order chi connectivity index (χ0) is 15.4. The molecule has 0 spiro atoms. The quantitative estimate of drug-likeness (QED) is 0.705. The van der Waals surface area contributed by atoms with E-state index < -0.39 is 0 Å². The first-order chi connectivity index (χ1) is 10.8. The maximum Gasteiger partial charge on any atom is 0.129 e. The van der Waals surface area contributed by atoms with Crippen molar-refractivity contribution in [2.45, 2.75) is 13.8 Å². The molecule has 1 aromatic carbocycles. The zero-order valence-corrected chi connectivity index (χ0v) is 12.8. The highest BCUT2D eigenvalue weighted by molar-refractivity contribution is 5.78. The van der Waals surface area contributed by atoms with Crippen LogP contribution in [0.25, 0.3) is 22.5 Å². The van der Waals surface area contributed by atoms with Gasteiger partial charge in [0.1, 0.15) is 11.5 Å². The molecule has 4 heteroatoms. The first-order valence-corrected chi connectivity index (χ1v) is 7.54. The molecule has 22 heavy (non-hydrogen) atoms. The molecule has 0 saturated carbocycles. The van der Waals surface area contributed by atoms with Gasteiger partial charge in [0.25, 0.3) is 0 Å². The van der Waals surface area contributed by atoms with Gasteiger partial charge in [-0.05, 0) is 50.2 Å². The third kappa shape index (κ3) is 2.72. The summed E-state index contributed by atoms with van der Waals surface area (Å²) in [5, 5.41) is 0. The van der Waals surface area contributed by atoms with Gasteiger partial charge in [0.2, 0.25) is 0 Å². The van der Waals surface area contributed by atoms with E-state index in [2.05, 4.69) is 9.97 Å². The van der Waals surface area contributed by atoms with E-state index in [-0.39, 0.29) is 0 Å². The molecule has 0 aliphatic rings. The van der Waals surface area contributed by atoms with Crippen molar-refractivity contribution >= 4 is 0 Å². The lowest BCUT2D eigenvalue weighted by Crippen LogP contribution is -1.99. The molecule has 0 radical (unpaired) electrons. The molecule has 0 fully saturated rings. The van der Waals surface area contributed by atoms with Crippen molar-refractivity contribution in [3.8, 4) is 34.0 Å². The fourth-order valence-electron chi connectivity index (χ4n) is 2.53. The third-order valence-corrected chi connectivity index (χ3v) is 3.46. The number of aromatic amines is 2. The highest BCUT2D eigenvalue weighted by atomic mass is 16.5. The molecule has 0 aliphatic heterocycles. The van der Waals surface area contributed by atoms with Crippen LogP contribution in [0.15, 0.2) is 48.8 Å². The van der Waals surface area contributed by atoms with Gasteiger partial charge < -0.3 is 19.4 Å². The second-order valence-corrected chi connectivity index (χ2v) is 4.88. The summed E-state index contributed by atoms with van der Waals surface area (Å²) in [5.74, 6) is 1.69. The van der Waals surface area contributed by atoms with E-state index >= 15 is 0 Å². The molecule has 2 aromatic heterocycles. The number of hydrogen-bond acceptors (Lipinski definition) is 2. The molecule has 0 saturated heterocycles. The van der Waals surface area contributed by atoms with Crippen molar-refractivity contribution in [1.29, 1.82) is 0 Å². The lowest BCUT2D eigenvalue weighted by Gasteiger charge is -2.16. The highest BCUT2D eigenvalue weighted by Crippen LogP contribution is 2.40. The zero-order valence-electron chi connectivity index (χ0n) is 12.8. The molecule has 0 unspecified atom stereocenters. The SMILES string of the molecule is CCOc1cc(-c2ccc[nH]2)c(OCC)cc1-c1ccc[nH]1. The molecule has 3 rings (SSSR count). The molecular formula is C18H20N2O2. The summed E-state index contributed by atoms with van der Waals surface area (Å²) in [7, 11) is 0. The average Bonchev–Trinajstić information content (AvgIpc) is 3.22. The minimum Gasteiger partial charge on any atom is -0.493 e. The molecule has 114 valence electrons. The van der Waals surface area contributed by atoms with E-state index in [1.807, 2.05) is 62.6 Å². The Morgan fingerprint density at radius 1 is 0.773 bits per heavy atom. The Kier molecular flexibility index (Phi) is 4.19. The topological polar surface area (TPSA) is 50.0 Å². The molecule has 0 bridgehead atoms. The summed E-state index contributed by atoms with van der Waals surface area (Å²) in [4.78, 5) is 6.46. The fourth-order valence-corrected chi connectivity index (χ4v) is 2.53. The van der Waals surface area contributed by atoms with Gasteiger partial charge in [-0.15, -0.1) is 0 Å². The minimum atomic E-state index is 0.617. The van der Waals surface area contributed by atoms with Crippen LogP contribution in [0.2, 0.25) is 0 Å². The smallest absolute Gasteiger partial charge is 0.129 e. The normalized spacial score (nSPS) is 10.6. The number of H-pyrrole nitrogens is 2. The summed E-state index contributed by atoms with van der Waals surface area (Å²) >= 11 is 0. The van der Waals surface area contributed by atoms with E-state index in [1.165, 1.54) is 0 Å². The van der Waals surface area contributed by atoms with Crippen LogP contribution in [0.1, 0.15) is 13.8 Å². The number of hydrogen-bond donors (Lipinski definition) is 2. The van der Waals surface area contributed by atoms with Crippen LogP contribution in [0.5, 0.6) is 11.5 Å². The predicted octanol–water partition coefficient (Wildman–Crippen LogP) is 4.47. The second kappa shape index (κ2) is 6.43. The van der Waals surface area contributed by atoms with Crippen LogP contribution in [-0.4, -0.2) is 23.2 Å². The Morgan fingerprint density at radius 3 is 1.55 bits per heavy atom. The van der Waals surface area contributed by atoms with Gasteiger partial charge >= 0.3 is 0 Å². The Morgan fingerprint density at radius 2 is 1.23 bits per heavy atom. The maximum absolute atomic E-state index is 5.84. The Labute approximate surface area is 130 Å². The van der Waals surface area contributed by atoms with Gasteiger partial charge in [-0.2, -0.15) is 0 Å². The lowest BCUT2D eigenvalue weighted by atomic mass is 10.0. The van der Waals surface area contributed by atoms with E-state index in [0.717, 1.165) is 34.0 Å². The van der Waals surface area contributed by atoms with E-state index in [4.69, 9.17) is 9.47 Å². The first kappa shape index (κ1) is 14.3. The summed E-state index contributed by atoms with van der Waals surface area (Å²) < 4.78 is 11.7. The number of aromatic nitrogens is 2. The van der Waals surface area contributed by atoms with Crippen molar-refractivity contribution in [3.63, 3.8) is 0 Å². The summed E-state index contributed by atoms with van der Waals surface area (Å²) in [6.45, 7) is 5.21. The third-order valence-electron chi connectivity index (χ3n) is 3.46. The van der Waals surface area contributed by atoms with Gasteiger partial charge in [-0.1, -0.05) is 0 Å². The van der Waals surface area contributed by atoms with Crippen LogP contribution in [0.4, 0.5) is 0 Å². The van der Waals surface area contributed by atoms with E-state index in [1.54, 1.807) is 0 Å². The Balaban J connectivity index is 2.17. The summed E-state index contributed by atoms with van der Waals surface area (Å²) in [6, 6.07) is 12.1. The Bertz CT molecular complexity index is 652. The molecule has 0 amide bonds. The van der Waals surface area contributed by atoms with Crippen LogP contribution in [-0.2, 0) is 0 Å². The van der Waals surface area contributed by atoms with Crippen LogP contribution < -0.4 is 9.47 Å². The minimum absolute atomic E-state index is 0.617. The van der Waals surface area contributed by atoms with Crippen molar-refractivity contribution in [2.75, 3.05) is 13.2 Å². The Hall–Kier alpha value is -2.62. The van der Waals surface area contributed by atoms with E-state index in [9.17, 15) is 0 Å². The molecule has 4 nitrogen and oxygen atoms in total. The van der Waals surface area contributed by atoms with Gasteiger partial charge in [0, 0.05) is 34.9 Å². The van der Waals surface area contributed by atoms with Gasteiger partial charge in [0.15, 0.2) is 0 Å². The van der Waals surface area contributed by atoms with E-state index in [0.29, 0.717) is 13.2 Å². The lowest BCUT2D eigenvalue weighted by molar-refractivity contribution is 0.333. The monoisotopic (exact) mass is 296 g/mol. The molecule has 2 N–H and O–H groups in total. The van der Waals surface area contributed by atoms with Crippen molar-refractivity contribution in [1.82, 2.24) is 9.97 Å². The van der Waals surface area contributed by atoms with Crippen LogP contribution in [0, 0.1) is 0 Å². The molecule has 2 heterocycles. The van der Waals surface area contributed by atoms with Gasteiger partial charge in [0.05, 0.1) is 13.2 Å². The molecule has 0 atom stereocenters. The second-order valence-electron chi connectivity index (χ2n) is 4.88. The van der Waals surface area contributed by atoms with Crippen LogP contribution in [0.3, 0.4) is 0 Å². The molecule has 3 aromatic rings. The van der Waals surface area contributed by atoms with Gasteiger partial charge in [-0.3, -0.25) is 0 Å². The number of nitrogens with one attached hydrogen (secondary N) is 2. The first-order valence-electron chi connectivity index (χ1n) is 7.54. The highest BCUT2D eigenvalue weighted by Gasteiger charge is 2.15.